The first-order valence-corrected chi connectivity index (χ1v) is 7.36. The number of benzene rings is 1. The van der Waals surface area contributed by atoms with Crippen molar-refractivity contribution in [3.63, 3.8) is 0 Å². The number of aryl methyl sites for hydroxylation is 1. The Morgan fingerprint density at radius 3 is 2.81 bits per heavy atom. The molecule has 0 aliphatic heterocycles. The molecule has 0 aromatic heterocycles. The van der Waals surface area contributed by atoms with Crippen LogP contribution in [-0.4, -0.2) is 26.2 Å². The van der Waals surface area contributed by atoms with E-state index < -0.39 is 0 Å². The maximum absolute atomic E-state index is 5.86. The summed E-state index contributed by atoms with van der Waals surface area (Å²) in [6.45, 7) is 3.72. The first-order valence-electron chi connectivity index (χ1n) is 7.36. The summed E-state index contributed by atoms with van der Waals surface area (Å²) in [5.41, 5.74) is 8.26. The number of methoxy groups -OCH3 is 1. The number of nitrogens with zero attached hydrogens (tertiary/aromatic N) is 1. The molecule has 118 valence electrons. The fraction of sp³-hybridized carbons (Fsp3) is 0.562. The van der Waals surface area contributed by atoms with E-state index in [1.807, 2.05) is 6.92 Å². The number of nitrogens with one attached hydrogen (secondary N) is 1. The smallest absolute Gasteiger partial charge is 0.188 e. The number of aliphatic imine (C=N–C) groups is 1. The van der Waals surface area contributed by atoms with Crippen LogP contribution in [0.15, 0.2) is 23.2 Å². The van der Waals surface area contributed by atoms with Crippen LogP contribution in [0, 0.1) is 12.8 Å². The molecule has 1 saturated carbocycles. The molecule has 0 bridgehead atoms. The highest BCUT2D eigenvalue weighted by Crippen LogP contribution is 2.26. The Morgan fingerprint density at radius 2 is 2.19 bits per heavy atom. The molecule has 0 amide bonds. The summed E-state index contributed by atoms with van der Waals surface area (Å²) in [6, 6.07) is 6.29. The largest absolute Gasteiger partial charge is 0.496 e. The van der Waals surface area contributed by atoms with Gasteiger partial charge in [-0.25, -0.2) is 0 Å². The third-order valence-electron chi connectivity index (χ3n) is 3.94. The Kier molecular flexibility index (Phi) is 7.85. The Bertz CT molecular complexity index is 473. The number of ether oxygens (including phenoxy) is 1. The van der Waals surface area contributed by atoms with Gasteiger partial charge in [-0.2, -0.15) is 0 Å². The molecule has 1 aliphatic carbocycles. The second kappa shape index (κ2) is 9.12. The molecule has 21 heavy (non-hydrogen) atoms. The van der Waals surface area contributed by atoms with Crippen LogP contribution in [0.25, 0.3) is 0 Å². The summed E-state index contributed by atoms with van der Waals surface area (Å²) in [7, 11) is 1.70. The fourth-order valence-electron chi connectivity index (χ4n) is 2.31. The number of hydrogen-bond donors (Lipinski definition) is 2. The average Bonchev–Trinajstić information content (AvgIpc) is 2.39. The van der Waals surface area contributed by atoms with Crippen molar-refractivity contribution in [3.8, 4) is 5.75 Å². The van der Waals surface area contributed by atoms with E-state index in [4.69, 9.17) is 10.5 Å². The highest BCUT2D eigenvalue weighted by Gasteiger charge is 2.16. The second-order valence-corrected chi connectivity index (χ2v) is 5.50. The summed E-state index contributed by atoms with van der Waals surface area (Å²) < 4.78 is 5.33. The summed E-state index contributed by atoms with van der Waals surface area (Å²) >= 11 is 0. The van der Waals surface area contributed by atoms with E-state index in [9.17, 15) is 0 Å². The molecule has 0 unspecified atom stereocenters. The van der Waals surface area contributed by atoms with Crippen molar-refractivity contribution in [2.75, 3.05) is 20.2 Å². The van der Waals surface area contributed by atoms with Crippen molar-refractivity contribution in [2.24, 2.45) is 16.6 Å². The van der Waals surface area contributed by atoms with E-state index in [-0.39, 0.29) is 24.0 Å². The molecular weight excluding hydrogens is 377 g/mol. The van der Waals surface area contributed by atoms with Crippen molar-refractivity contribution in [1.29, 1.82) is 0 Å². The zero-order valence-electron chi connectivity index (χ0n) is 12.9. The van der Waals surface area contributed by atoms with E-state index in [0.29, 0.717) is 5.96 Å². The molecule has 3 N–H and O–H groups in total. The summed E-state index contributed by atoms with van der Waals surface area (Å²) in [5, 5.41) is 3.17. The Balaban J connectivity index is 0.00000220. The van der Waals surface area contributed by atoms with Crippen LogP contribution >= 0.6 is 24.0 Å². The summed E-state index contributed by atoms with van der Waals surface area (Å²) in [5.74, 6) is 2.27. The van der Waals surface area contributed by atoms with Crippen molar-refractivity contribution < 1.29 is 4.74 Å². The number of halogens is 1. The van der Waals surface area contributed by atoms with E-state index in [2.05, 4.69) is 28.5 Å². The minimum absolute atomic E-state index is 0. The Labute approximate surface area is 144 Å². The molecule has 1 aromatic carbocycles. The van der Waals surface area contributed by atoms with Gasteiger partial charge < -0.3 is 15.8 Å². The predicted molar refractivity (Wildman–Crippen MR) is 98.7 cm³/mol. The zero-order valence-corrected chi connectivity index (χ0v) is 15.2. The first-order chi connectivity index (χ1) is 9.69. The minimum Gasteiger partial charge on any atom is -0.496 e. The van der Waals surface area contributed by atoms with Crippen LogP contribution in [0.2, 0.25) is 0 Å². The molecule has 0 saturated heterocycles. The fourth-order valence-corrected chi connectivity index (χ4v) is 2.31. The van der Waals surface area contributed by atoms with Crippen LogP contribution in [0.4, 0.5) is 0 Å². The lowest BCUT2D eigenvalue weighted by Crippen LogP contribution is -2.34. The van der Waals surface area contributed by atoms with Gasteiger partial charge in [0.1, 0.15) is 5.75 Å². The lowest BCUT2D eigenvalue weighted by Gasteiger charge is -2.23. The molecule has 4 nitrogen and oxygen atoms in total. The molecule has 1 aliphatic rings. The van der Waals surface area contributed by atoms with Crippen LogP contribution in [0.1, 0.15) is 30.4 Å². The van der Waals surface area contributed by atoms with Gasteiger partial charge in [0.05, 0.1) is 7.11 Å². The molecule has 5 heteroatoms. The predicted octanol–water partition coefficient (Wildman–Crippen LogP) is 2.87. The molecular formula is C16H26IN3O. The van der Waals surface area contributed by atoms with E-state index in [1.165, 1.54) is 24.8 Å². The van der Waals surface area contributed by atoms with Crippen molar-refractivity contribution in [2.45, 2.75) is 32.6 Å². The van der Waals surface area contributed by atoms with Crippen molar-refractivity contribution in [1.82, 2.24) is 5.32 Å². The summed E-state index contributed by atoms with van der Waals surface area (Å²) in [4.78, 5) is 4.38. The van der Waals surface area contributed by atoms with Gasteiger partial charge in [0.2, 0.25) is 0 Å². The monoisotopic (exact) mass is 403 g/mol. The molecule has 0 spiro atoms. The Morgan fingerprint density at radius 1 is 1.43 bits per heavy atom. The van der Waals surface area contributed by atoms with Crippen LogP contribution in [-0.2, 0) is 6.42 Å². The first kappa shape index (κ1) is 18.1. The number of nitrogens with two attached hydrogens (primary N) is 1. The molecule has 2 rings (SSSR count). The lowest BCUT2D eigenvalue weighted by molar-refractivity contribution is 0.326. The van der Waals surface area contributed by atoms with E-state index in [1.54, 1.807) is 7.11 Å². The van der Waals surface area contributed by atoms with Crippen LogP contribution in [0.5, 0.6) is 5.75 Å². The molecule has 1 fully saturated rings. The maximum Gasteiger partial charge on any atom is 0.188 e. The van der Waals surface area contributed by atoms with Gasteiger partial charge in [-0.15, -0.1) is 24.0 Å². The Hall–Kier alpha value is -0.980. The van der Waals surface area contributed by atoms with Gasteiger partial charge in [-0.1, -0.05) is 18.6 Å². The molecule has 0 atom stereocenters. The topological polar surface area (TPSA) is 59.6 Å². The highest BCUT2D eigenvalue weighted by atomic mass is 127. The number of guanidine groups is 1. The molecule has 0 radical (unpaired) electrons. The third kappa shape index (κ3) is 5.73. The SMILES string of the molecule is COc1cc(CCNC(N)=NCC2CCC2)ccc1C.I. The van der Waals surface area contributed by atoms with Crippen LogP contribution < -0.4 is 15.8 Å². The standard InChI is InChI=1S/C16H25N3O.HI/c1-12-6-7-13(10-15(12)20-2)8-9-18-16(17)19-11-14-4-3-5-14;/h6-7,10,14H,3-5,8-9,11H2,1-2H3,(H3,17,18,19);1H. The maximum atomic E-state index is 5.86. The van der Waals surface area contributed by atoms with E-state index in [0.717, 1.165) is 36.7 Å². The second-order valence-electron chi connectivity index (χ2n) is 5.50. The average molecular weight is 403 g/mol. The lowest BCUT2D eigenvalue weighted by atomic mass is 9.86. The number of rotatable bonds is 6. The van der Waals surface area contributed by atoms with Gasteiger partial charge >= 0.3 is 0 Å². The summed E-state index contributed by atoms with van der Waals surface area (Å²) in [6.07, 6.45) is 4.87. The van der Waals surface area contributed by atoms with Gasteiger partial charge in [0.15, 0.2) is 5.96 Å². The number of hydrogen-bond acceptors (Lipinski definition) is 2. The van der Waals surface area contributed by atoms with Gasteiger partial charge in [0.25, 0.3) is 0 Å². The van der Waals surface area contributed by atoms with Gasteiger partial charge in [-0.3, -0.25) is 4.99 Å². The van der Waals surface area contributed by atoms with Gasteiger partial charge in [-0.05, 0) is 49.3 Å². The van der Waals surface area contributed by atoms with Gasteiger partial charge in [0, 0.05) is 13.1 Å². The zero-order chi connectivity index (χ0) is 14.4. The van der Waals surface area contributed by atoms with E-state index >= 15 is 0 Å². The van der Waals surface area contributed by atoms with Crippen LogP contribution in [0.3, 0.4) is 0 Å². The quantitative estimate of drug-likeness (QED) is 0.436. The van der Waals surface area contributed by atoms with Crippen molar-refractivity contribution >= 4 is 29.9 Å². The highest BCUT2D eigenvalue weighted by molar-refractivity contribution is 14.0. The molecule has 0 heterocycles. The normalized spacial score (nSPS) is 15.0. The minimum atomic E-state index is 0. The van der Waals surface area contributed by atoms with Crippen molar-refractivity contribution in [3.05, 3.63) is 29.3 Å². The molecule has 1 aromatic rings. The third-order valence-corrected chi connectivity index (χ3v) is 3.94.